The Morgan fingerprint density at radius 2 is 1.94 bits per heavy atom. The van der Waals surface area contributed by atoms with Crippen LogP contribution in [0, 0.1) is 6.92 Å². The lowest BCUT2D eigenvalue weighted by Gasteiger charge is -2.08. The average molecular weight is 314 g/mol. The molecule has 102 valence electrons. The van der Waals surface area contributed by atoms with E-state index in [1.165, 1.54) is 24.8 Å². The normalized spacial score (nSPS) is 10.6. The van der Waals surface area contributed by atoms with Crippen molar-refractivity contribution in [1.82, 2.24) is 5.32 Å². The summed E-state index contributed by atoms with van der Waals surface area (Å²) in [7, 11) is 0. The van der Waals surface area contributed by atoms with Crippen molar-refractivity contribution in [1.29, 1.82) is 0 Å². The second kappa shape index (κ2) is 9.40. The maximum absolute atomic E-state index is 5.76. The first-order valence-corrected chi connectivity index (χ1v) is 7.63. The number of benzene rings is 1. The van der Waals surface area contributed by atoms with Crippen molar-refractivity contribution in [2.75, 3.05) is 19.7 Å². The summed E-state index contributed by atoms with van der Waals surface area (Å²) in [5.74, 6) is 0.952. The molecule has 0 radical (unpaired) electrons. The fourth-order valence-electron chi connectivity index (χ4n) is 1.79. The van der Waals surface area contributed by atoms with Crippen molar-refractivity contribution in [3.05, 3.63) is 28.2 Å². The summed E-state index contributed by atoms with van der Waals surface area (Å²) in [6.07, 6.45) is 4.93. The lowest BCUT2D eigenvalue weighted by molar-refractivity contribution is 0.302. The molecule has 3 heteroatoms. The SMILES string of the molecule is CCNCCCCCCOc1ccc(C)cc1Br. The molecule has 0 aliphatic rings. The van der Waals surface area contributed by atoms with E-state index >= 15 is 0 Å². The molecule has 0 saturated heterocycles. The lowest BCUT2D eigenvalue weighted by Crippen LogP contribution is -2.13. The van der Waals surface area contributed by atoms with Crippen LogP contribution in [-0.4, -0.2) is 19.7 Å². The minimum atomic E-state index is 0.808. The van der Waals surface area contributed by atoms with Gasteiger partial charge >= 0.3 is 0 Å². The first kappa shape index (κ1) is 15.5. The monoisotopic (exact) mass is 313 g/mol. The fraction of sp³-hybridized carbons (Fsp3) is 0.600. The van der Waals surface area contributed by atoms with Gasteiger partial charge in [-0.25, -0.2) is 0 Å². The van der Waals surface area contributed by atoms with Gasteiger partial charge in [-0.1, -0.05) is 25.8 Å². The summed E-state index contributed by atoms with van der Waals surface area (Å²) in [6.45, 7) is 7.25. The minimum Gasteiger partial charge on any atom is -0.492 e. The molecule has 0 heterocycles. The maximum Gasteiger partial charge on any atom is 0.133 e. The molecule has 0 atom stereocenters. The van der Waals surface area contributed by atoms with Crippen LogP contribution in [0.25, 0.3) is 0 Å². The van der Waals surface area contributed by atoms with Crippen LogP contribution in [0.1, 0.15) is 38.2 Å². The van der Waals surface area contributed by atoms with Gasteiger partial charge in [0.1, 0.15) is 5.75 Å². The van der Waals surface area contributed by atoms with E-state index in [4.69, 9.17) is 4.74 Å². The molecule has 1 rings (SSSR count). The molecule has 0 aliphatic carbocycles. The van der Waals surface area contributed by atoms with Crippen LogP contribution in [0.3, 0.4) is 0 Å². The van der Waals surface area contributed by atoms with E-state index in [1.807, 2.05) is 6.07 Å². The molecule has 18 heavy (non-hydrogen) atoms. The van der Waals surface area contributed by atoms with Crippen LogP contribution < -0.4 is 10.1 Å². The molecule has 0 aliphatic heterocycles. The van der Waals surface area contributed by atoms with Gasteiger partial charge in [0.15, 0.2) is 0 Å². The summed E-state index contributed by atoms with van der Waals surface area (Å²) in [6, 6.07) is 6.20. The number of hydrogen-bond acceptors (Lipinski definition) is 2. The average Bonchev–Trinajstić information content (AvgIpc) is 2.35. The molecule has 0 saturated carbocycles. The topological polar surface area (TPSA) is 21.3 Å². The molecule has 0 spiro atoms. The predicted molar refractivity (Wildman–Crippen MR) is 81.4 cm³/mol. The highest BCUT2D eigenvalue weighted by molar-refractivity contribution is 9.10. The third kappa shape index (κ3) is 6.41. The van der Waals surface area contributed by atoms with Gasteiger partial charge in [0.05, 0.1) is 11.1 Å². The quantitative estimate of drug-likeness (QED) is 0.686. The number of rotatable bonds is 9. The highest BCUT2D eigenvalue weighted by atomic mass is 79.9. The molecular formula is C15H24BrNO. The first-order valence-electron chi connectivity index (χ1n) is 6.83. The summed E-state index contributed by atoms with van der Waals surface area (Å²) in [4.78, 5) is 0. The summed E-state index contributed by atoms with van der Waals surface area (Å²) < 4.78 is 6.81. The maximum atomic E-state index is 5.76. The number of aryl methyl sites for hydroxylation is 1. The Hall–Kier alpha value is -0.540. The van der Waals surface area contributed by atoms with Crippen molar-refractivity contribution in [2.45, 2.75) is 39.5 Å². The van der Waals surface area contributed by atoms with Gasteiger partial charge < -0.3 is 10.1 Å². The molecule has 0 aromatic heterocycles. The van der Waals surface area contributed by atoms with Crippen LogP contribution in [0.2, 0.25) is 0 Å². The highest BCUT2D eigenvalue weighted by Crippen LogP contribution is 2.25. The zero-order valence-corrected chi connectivity index (χ0v) is 13.1. The molecule has 0 bridgehead atoms. The van der Waals surface area contributed by atoms with Gasteiger partial charge in [-0.05, 0) is 66.5 Å². The Bertz CT molecular complexity index is 341. The van der Waals surface area contributed by atoms with Crippen molar-refractivity contribution >= 4 is 15.9 Å². The van der Waals surface area contributed by atoms with E-state index < -0.39 is 0 Å². The Labute approximate surface area is 119 Å². The van der Waals surface area contributed by atoms with Gasteiger partial charge in [0.25, 0.3) is 0 Å². The van der Waals surface area contributed by atoms with Crippen LogP contribution in [-0.2, 0) is 0 Å². The van der Waals surface area contributed by atoms with Gasteiger partial charge in [-0.15, -0.1) is 0 Å². The predicted octanol–water partition coefficient (Wildman–Crippen LogP) is 4.31. The number of hydrogen-bond donors (Lipinski definition) is 1. The summed E-state index contributed by atoms with van der Waals surface area (Å²) in [5.41, 5.74) is 1.25. The van der Waals surface area contributed by atoms with E-state index in [1.54, 1.807) is 0 Å². The van der Waals surface area contributed by atoms with Crippen molar-refractivity contribution < 1.29 is 4.74 Å². The molecule has 2 nitrogen and oxygen atoms in total. The van der Waals surface area contributed by atoms with Crippen LogP contribution >= 0.6 is 15.9 Å². The fourth-order valence-corrected chi connectivity index (χ4v) is 2.40. The molecule has 0 amide bonds. The molecule has 0 fully saturated rings. The number of ether oxygens (including phenoxy) is 1. The summed E-state index contributed by atoms with van der Waals surface area (Å²) >= 11 is 3.53. The standard InChI is InChI=1S/C15H24BrNO/c1-3-17-10-6-4-5-7-11-18-15-9-8-13(2)12-14(15)16/h8-9,12,17H,3-7,10-11H2,1-2H3. The van der Waals surface area contributed by atoms with Gasteiger partial charge in [0, 0.05) is 0 Å². The number of unbranched alkanes of at least 4 members (excludes halogenated alkanes) is 3. The Morgan fingerprint density at radius 1 is 1.17 bits per heavy atom. The van der Waals surface area contributed by atoms with Crippen LogP contribution in [0.5, 0.6) is 5.75 Å². The second-order valence-corrected chi connectivity index (χ2v) is 5.40. The van der Waals surface area contributed by atoms with E-state index in [2.05, 4.69) is 47.2 Å². The van der Waals surface area contributed by atoms with Crippen molar-refractivity contribution in [3.8, 4) is 5.75 Å². The van der Waals surface area contributed by atoms with Gasteiger partial charge in [0.2, 0.25) is 0 Å². The molecular weight excluding hydrogens is 290 g/mol. The Kier molecular flexibility index (Phi) is 8.10. The van der Waals surface area contributed by atoms with E-state index in [0.717, 1.165) is 36.3 Å². The first-order chi connectivity index (χ1) is 8.74. The number of halogens is 1. The van der Waals surface area contributed by atoms with Crippen LogP contribution in [0.4, 0.5) is 0 Å². The van der Waals surface area contributed by atoms with E-state index in [0.29, 0.717) is 0 Å². The molecule has 1 N–H and O–H groups in total. The van der Waals surface area contributed by atoms with Crippen LogP contribution in [0.15, 0.2) is 22.7 Å². The highest BCUT2D eigenvalue weighted by Gasteiger charge is 2.00. The smallest absolute Gasteiger partial charge is 0.133 e. The molecule has 1 aromatic rings. The zero-order chi connectivity index (χ0) is 13.2. The Morgan fingerprint density at radius 3 is 2.67 bits per heavy atom. The van der Waals surface area contributed by atoms with E-state index in [-0.39, 0.29) is 0 Å². The second-order valence-electron chi connectivity index (χ2n) is 4.55. The van der Waals surface area contributed by atoms with Gasteiger partial charge in [-0.2, -0.15) is 0 Å². The zero-order valence-electron chi connectivity index (χ0n) is 11.5. The third-order valence-electron chi connectivity index (χ3n) is 2.84. The molecule has 0 unspecified atom stereocenters. The van der Waals surface area contributed by atoms with E-state index in [9.17, 15) is 0 Å². The van der Waals surface area contributed by atoms with Crippen molar-refractivity contribution in [2.24, 2.45) is 0 Å². The molecule has 1 aromatic carbocycles. The minimum absolute atomic E-state index is 0.808. The summed E-state index contributed by atoms with van der Waals surface area (Å²) in [5, 5.41) is 3.34. The van der Waals surface area contributed by atoms with Gasteiger partial charge in [-0.3, -0.25) is 0 Å². The third-order valence-corrected chi connectivity index (χ3v) is 3.46. The van der Waals surface area contributed by atoms with Crippen molar-refractivity contribution in [3.63, 3.8) is 0 Å². The Balaban J connectivity index is 2.07. The number of nitrogens with one attached hydrogen (secondary N) is 1. The largest absolute Gasteiger partial charge is 0.492 e. The lowest BCUT2D eigenvalue weighted by atomic mass is 10.2.